The van der Waals surface area contributed by atoms with Crippen LogP contribution in [0.15, 0.2) is 36.7 Å². The van der Waals surface area contributed by atoms with E-state index in [1.165, 1.54) is 6.33 Å². The normalized spacial score (nSPS) is 13.1. The molecule has 3 rings (SSSR count). The van der Waals surface area contributed by atoms with Crippen LogP contribution >= 0.6 is 11.6 Å². The van der Waals surface area contributed by atoms with Crippen molar-refractivity contribution in [3.05, 3.63) is 47.5 Å². The van der Waals surface area contributed by atoms with Gasteiger partial charge in [0.25, 0.3) is 5.60 Å². The highest BCUT2D eigenvalue weighted by Crippen LogP contribution is 2.28. The van der Waals surface area contributed by atoms with Crippen molar-refractivity contribution >= 4 is 40.5 Å². The van der Waals surface area contributed by atoms with Gasteiger partial charge < -0.3 is 29.3 Å². The molecule has 1 aromatic carbocycles. The summed E-state index contributed by atoms with van der Waals surface area (Å²) in [5.41, 5.74) is -1.18. The number of likely N-dealkylation sites (N-methyl/N-ethyl adjacent to an activating group) is 1. The summed E-state index contributed by atoms with van der Waals surface area (Å²) in [6, 6.07) is 8.38. The number of aliphatic carboxylic acids is 2. The van der Waals surface area contributed by atoms with Crippen molar-refractivity contribution in [1.82, 2.24) is 19.5 Å². The first-order chi connectivity index (χ1) is 18.6. The van der Waals surface area contributed by atoms with Crippen LogP contribution in [0.25, 0.3) is 11.2 Å². The number of terminal acetylenes is 1. The number of ether oxygens (including phenoxy) is 3. The van der Waals surface area contributed by atoms with E-state index in [2.05, 4.69) is 20.9 Å². The molecule has 0 amide bonds. The second-order valence-electron chi connectivity index (χ2n) is 8.77. The number of fused-ring (bicyclic) bond motifs is 1. The summed E-state index contributed by atoms with van der Waals surface area (Å²) in [5, 5.41) is 19.7. The number of nitrogens with zero attached hydrogens (tertiary/aromatic N) is 5. The van der Waals surface area contributed by atoms with Crippen molar-refractivity contribution in [3.8, 4) is 12.3 Å². The van der Waals surface area contributed by atoms with Crippen LogP contribution in [0.4, 0.5) is 5.82 Å². The number of imidazole rings is 1. The van der Waals surface area contributed by atoms with E-state index >= 15 is 0 Å². The van der Waals surface area contributed by atoms with Gasteiger partial charge in [-0.25, -0.2) is 14.6 Å². The number of hydrogen-bond donors (Lipinski definition) is 2. The number of rotatable bonds is 15. The molecule has 0 saturated heterocycles. The SMILES string of the molecule is C#CCC(OC(C)COC(Cc1ccccc1)(C(=O)O)C(=O)O)n1cnc2c(N(C)CCOC)nc(Cl)nc21. The lowest BCUT2D eigenvalue weighted by molar-refractivity contribution is -0.189. The van der Waals surface area contributed by atoms with Gasteiger partial charge in [-0.1, -0.05) is 30.3 Å². The Morgan fingerprint density at radius 1 is 1.23 bits per heavy atom. The second-order valence-corrected chi connectivity index (χ2v) is 9.11. The molecular weight excluding hydrogens is 530 g/mol. The maximum absolute atomic E-state index is 12.1. The molecule has 39 heavy (non-hydrogen) atoms. The van der Waals surface area contributed by atoms with E-state index < -0.39 is 29.9 Å². The molecule has 2 aromatic heterocycles. The molecular formula is C26H30ClN5O7. The summed E-state index contributed by atoms with van der Waals surface area (Å²) in [4.78, 5) is 39.1. The van der Waals surface area contributed by atoms with Crippen molar-refractivity contribution in [2.24, 2.45) is 0 Å². The van der Waals surface area contributed by atoms with Crippen molar-refractivity contribution in [2.75, 3.05) is 38.8 Å². The quantitative estimate of drug-likeness (QED) is 0.161. The van der Waals surface area contributed by atoms with Crippen LogP contribution in [0.2, 0.25) is 5.28 Å². The smallest absolute Gasteiger partial charge is 0.348 e. The van der Waals surface area contributed by atoms with E-state index in [9.17, 15) is 19.8 Å². The summed E-state index contributed by atoms with van der Waals surface area (Å²) in [6.07, 6.45) is 5.25. The first-order valence-electron chi connectivity index (χ1n) is 12.0. The third kappa shape index (κ3) is 7.01. The third-order valence-corrected chi connectivity index (χ3v) is 6.08. The summed E-state index contributed by atoms with van der Waals surface area (Å²) in [7, 11) is 3.41. The van der Waals surface area contributed by atoms with E-state index in [0.29, 0.717) is 35.7 Å². The Kier molecular flexibility index (Phi) is 10.2. The van der Waals surface area contributed by atoms with Crippen LogP contribution in [0.3, 0.4) is 0 Å². The zero-order chi connectivity index (χ0) is 28.6. The Morgan fingerprint density at radius 3 is 2.54 bits per heavy atom. The van der Waals surface area contributed by atoms with Gasteiger partial charge in [0.15, 0.2) is 17.0 Å². The molecule has 0 aliphatic heterocycles. The molecule has 0 bridgehead atoms. The number of anilines is 1. The molecule has 0 aliphatic rings. The molecule has 208 valence electrons. The molecule has 2 N–H and O–H groups in total. The van der Waals surface area contributed by atoms with Crippen molar-refractivity contribution in [3.63, 3.8) is 0 Å². The minimum atomic E-state index is -2.51. The largest absolute Gasteiger partial charge is 0.479 e. The highest BCUT2D eigenvalue weighted by atomic mass is 35.5. The molecule has 0 aliphatic carbocycles. The van der Waals surface area contributed by atoms with Gasteiger partial charge in [0.1, 0.15) is 6.23 Å². The molecule has 0 saturated carbocycles. The number of carbonyl (C=O) groups is 2. The molecule has 0 spiro atoms. The summed E-state index contributed by atoms with van der Waals surface area (Å²) in [5.74, 6) is -0.211. The average molecular weight is 560 g/mol. The zero-order valence-corrected chi connectivity index (χ0v) is 22.5. The Bertz CT molecular complexity index is 1310. The van der Waals surface area contributed by atoms with Gasteiger partial charge in [0.05, 0.1) is 32.1 Å². The number of carboxylic acid groups (broad SMARTS) is 2. The van der Waals surface area contributed by atoms with Crippen LogP contribution in [0.1, 0.15) is 25.1 Å². The molecule has 0 fully saturated rings. The van der Waals surface area contributed by atoms with Gasteiger partial charge in [-0.2, -0.15) is 9.97 Å². The lowest BCUT2D eigenvalue weighted by Gasteiger charge is -2.28. The predicted molar refractivity (Wildman–Crippen MR) is 143 cm³/mol. The summed E-state index contributed by atoms with van der Waals surface area (Å²) in [6.45, 7) is 2.26. The highest BCUT2D eigenvalue weighted by Gasteiger charge is 2.48. The minimum Gasteiger partial charge on any atom is -0.479 e. The lowest BCUT2D eigenvalue weighted by Crippen LogP contribution is -2.52. The van der Waals surface area contributed by atoms with Crippen molar-refractivity contribution in [1.29, 1.82) is 0 Å². The molecule has 13 heteroatoms. The Balaban J connectivity index is 1.83. The van der Waals surface area contributed by atoms with Gasteiger partial charge in [0, 0.05) is 27.1 Å². The number of aromatic nitrogens is 4. The first-order valence-corrected chi connectivity index (χ1v) is 12.3. The number of methoxy groups -OCH3 is 1. The van der Waals surface area contributed by atoms with E-state index in [-0.39, 0.29) is 24.7 Å². The number of halogens is 1. The Hall–Kier alpha value is -3.76. The van der Waals surface area contributed by atoms with E-state index in [1.807, 2.05) is 11.9 Å². The van der Waals surface area contributed by atoms with Crippen LogP contribution < -0.4 is 4.90 Å². The topological polar surface area (TPSA) is 149 Å². The third-order valence-electron chi connectivity index (χ3n) is 5.91. The molecule has 12 nitrogen and oxygen atoms in total. The molecule has 2 unspecified atom stereocenters. The van der Waals surface area contributed by atoms with E-state index in [4.69, 9.17) is 32.2 Å². The fraction of sp³-hybridized carbons (Fsp3) is 0.423. The average Bonchev–Trinajstić information content (AvgIpc) is 3.32. The van der Waals surface area contributed by atoms with Crippen LogP contribution in [-0.2, 0) is 30.2 Å². The lowest BCUT2D eigenvalue weighted by atomic mass is 9.94. The van der Waals surface area contributed by atoms with E-state index in [0.717, 1.165) is 0 Å². The summed E-state index contributed by atoms with van der Waals surface area (Å²) < 4.78 is 18.4. The maximum Gasteiger partial charge on any atom is 0.348 e. The molecule has 0 radical (unpaired) electrons. The van der Waals surface area contributed by atoms with Crippen molar-refractivity contribution in [2.45, 2.75) is 37.7 Å². The second kappa shape index (κ2) is 13.3. The first kappa shape index (κ1) is 29.8. The van der Waals surface area contributed by atoms with Crippen molar-refractivity contribution < 1.29 is 34.0 Å². The maximum atomic E-state index is 12.1. The van der Waals surface area contributed by atoms with Gasteiger partial charge in [0.2, 0.25) is 5.28 Å². The van der Waals surface area contributed by atoms with Crippen LogP contribution in [0, 0.1) is 12.3 Å². The Morgan fingerprint density at radius 2 is 1.92 bits per heavy atom. The zero-order valence-electron chi connectivity index (χ0n) is 21.8. The highest BCUT2D eigenvalue weighted by molar-refractivity contribution is 6.28. The van der Waals surface area contributed by atoms with Gasteiger partial charge in [-0.05, 0) is 24.1 Å². The van der Waals surface area contributed by atoms with Gasteiger partial charge in [-0.3, -0.25) is 4.57 Å². The minimum absolute atomic E-state index is 0.00651. The Labute approximate surface area is 230 Å². The van der Waals surface area contributed by atoms with Crippen LogP contribution in [0.5, 0.6) is 0 Å². The van der Waals surface area contributed by atoms with Gasteiger partial charge >= 0.3 is 11.9 Å². The summed E-state index contributed by atoms with van der Waals surface area (Å²) >= 11 is 6.21. The molecule has 3 aromatic rings. The molecule has 2 atom stereocenters. The monoisotopic (exact) mass is 559 g/mol. The van der Waals surface area contributed by atoms with Crippen LogP contribution in [-0.4, -0.2) is 87.3 Å². The number of carboxylic acids is 2. The fourth-order valence-corrected chi connectivity index (χ4v) is 4.03. The van der Waals surface area contributed by atoms with Gasteiger partial charge in [-0.15, -0.1) is 12.3 Å². The number of hydrogen-bond acceptors (Lipinski definition) is 9. The predicted octanol–water partition coefficient (Wildman–Crippen LogP) is 2.66. The fourth-order valence-electron chi connectivity index (χ4n) is 3.87. The van der Waals surface area contributed by atoms with E-state index in [1.54, 1.807) is 48.9 Å². The number of benzene rings is 1. The standard InChI is InChI=1S/C26H30ClN5O7/c1-5-9-19(32-16-28-20-21(31(3)12-13-37-4)29-25(27)30-22(20)32)39-17(2)15-38-26(23(33)34,24(35)36)14-18-10-7-6-8-11-18/h1,6-8,10-11,16-17,19H,9,12-15H2,2-4H3,(H,33,34)(H,35,36). The molecule has 2 heterocycles.